The van der Waals surface area contributed by atoms with Crippen molar-refractivity contribution in [2.45, 2.75) is 70.4 Å². The maximum atomic E-state index is 12.7. The second-order valence-corrected chi connectivity index (χ2v) is 8.58. The highest BCUT2D eigenvalue weighted by Crippen LogP contribution is 2.30. The van der Waals surface area contributed by atoms with Crippen LogP contribution >= 0.6 is 11.3 Å². The lowest BCUT2D eigenvalue weighted by molar-refractivity contribution is -0.144. The van der Waals surface area contributed by atoms with Crippen LogP contribution in [0.25, 0.3) is 0 Å². The van der Waals surface area contributed by atoms with E-state index >= 15 is 0 Å². The highest BCUT2D eigenvalue weighted by atomic mass is 32.1. The van der Waals surface area contributed by atoms with Crippen molar-refractivity contribution in [1.82, 2.24) is 15.1 Å². The van der Waals surface area contributed by atoms with Gasteiger partial charge in [0.1, 0.15) is 11.0 Å². The minimum absolute atomic E-state index is 0.0820. The van der Waals surface area contributed by atoms with Crippen molar-refractivity contribution in [1.29, 1.82) is 0 Å². The zero-order valence-corrected chi connectivity index (χ0v) is 15.6. The van der Waals surface area contributed by atoms with Gasteiger partial charge in [-0.2, -0.15) is 0 Å². The summed E-state index contributed by atoms with van der Waals surface area (Å²) in [4.78, 5) is 15.1. The van der Waals surface area contributed by atoms with Gasteiger partial charge < -0.3 is 9.47 Å². The minimum atomic E-state index is -0.183. The maximum absolute atomic E-state index is 12.7. The molecule has 0 radical (unpaired) electrons. The molecule has 2 saturated heterocycles. The van der Waals surface area contributed by atoms with E-state index in [2.05, 4.69) is 35.9 Å². The van der Waals surface area contributed by atoms with Crippen molar-refractivity contribution in [2.24, 2.45) is 0 Å². The quantitative estimate of drug-likeness (QED) is 0.779. The third kappa shape index (κ3) is 4.13. The molecule has 7 heteroatoms. The van der Waals surface area contributed by atoms with E-state index in [1.54, 1.807) is 0 Å². The monoisotopic (exact) mass is 353 g/mol. The van der Waals surface area contributed by atoms with Crippen LogP contribution in [-0.2, 0) is 14.9 Å². The highest BCUT2D eigenvalue weighted by Gasteiger charge is 2.36. The zero-order valence-electron chi connectivity index (χ0n) is 14.8. The standard InChI is InChI=1S/C17H27N3O3S/c1-17(2,3)15-18-19-16(24-15)23-14(21)13-6-4-5-9-20(13)12-7-10-22-11-8-12/h12-13H,4-11H2,1-3H3. The van der Waals surface area contributed by atoms with Crippen LogP contribution in [0.5, 0.6) is 5.19 Å². The molecule has 1 aromatic heterocycles. The molecular formula is C17H27N3O3S. The van der Waals surface area contributed by atoms with Gasteiger partial charge in [0.05, 0.1) is 0 Å². The van der Waals surface area contributed by atoms with Crippen LogP contribution in [0.2, 0.25) is 0 Å². The molecule has 2 aliphatic rings. The van der Waals surface area contributed by atoms with Crippen LogP contribution < -0.4 is 4.74 Å². The maximum Gasteiger partial charge on any atom is 0.330 e. The minimum Gasteiger partial charge on any atom is -0.395 e. The molecule has 3 rings (SSSR count). The summed E-state index contributed by atoms with van der Waals surface area (Å²) in [5.41, 5.74) is -0.0820. The van der Waals surface area contributed by atoms with Crippen LogP contribution in [0.1, 0.15) is 57.9 Å². The van der Waals surface area contributed by atoms with Crippen molar-refractivity contribution in [2.75, 3.05) is 19.8 Å². The second-order valence-electron chi connectivity index (χ2n) is 7.64. The molecule has 0 amide bonds. The van der Waals surface area contributed by atoms with Crippen LogP contribution in [0, 0.1) is 0 Å². The molecule has 2 fully saturated rings. The second kappa shape index (κ2) is 7.45. The van der Waals surface area contributed by atoms with E-state index in [0.717, 1.165) is 56.9 Å². The van der Waals surface area contributed by atoms with Crippen LogP contribution in [0.3, 0.4) is 0 Å². The number of aromatic nitrogens is 2. The zero-order chi connectivity index (χ0) is 17.2. The smallest absolute Gasteiger partial charge is 0.330 e. The molecule has 3 heterocycles. The number of hydrogen-bond acceptors (Lipinski definition) is 7. The van der Waals surface area contributed by atoms with E-state index in [9.17, 15) is 4.79 Å². The first-order valence-corrected chi connectivity index (χ1v) is 9.66. The summed E-state index contributed by atoms with van der Waals surface area (Å²) in [6, 6.07) is 0.264. The lowest BCUT2D eigenvalue weighted by Gasteiger charge is -2.41. The first kappa shape index (κ1) is 17.8. The summed E-state index contributed by atoms with van der Waals surface area (Å²) in [5, 5.41) is 9.45. The SMILES string of the molecule is CC(C)(C)c1nnc(OC(=O)C2CCCCN2C2CCOCC2)s1. The van der Waals surface area contributed by atoms with Gasteiger partial charge in [-0.25, -0.2) is 4.79 Å². The number of ether oxygens (including phenoxy) is 2. The molecule has 2 aliphatic heterocycles. The van der Waals surface area contributed by atoms with E-state index in [0.29, 0.717) is 11.2 Å². The Kier molecular flexibility index (Phi) is 5.52. The van der Waals surface area contributed by atoms with Crippen LogP contribution in [-0.4, -0.2) is 52.9 Å². The number of likely N-dealkylation sites (tertiary alicyclic amines) is 1. The molecule has 1 aromatic rings. The van der Waals surface area contributed by atoms with Crippen LogP contribution in [0.4, 0.5) is 0 Å². The van der Waals surface area contributed by atoms with Gasteiger partial charge in [-0.1, -0.05) is 43.6 Å². The Balaban J connectivity index is 1.66. The van der Waals surface area contributed by atoms with Crippen molar-refractivity contribution in [3.05, 3.63) is 5.01 Å². The van der Waals surface area contributed by atoms with Gasteiger partial charge in [-0.15, -0.1) is 5.10 Å². The number of piperidine rings is 1. The molecule has 0 spiro atoms. The number of carbonyl (C=O) groups excluding carboxylic acids is 1. The van der Waals surface area contributed by atoms with Crippen molar-refractivity contribution < 1.29 is 14.3 Å². The predicted octanol–water partition coefficient (Wildman–Crippen LogP) is 2.77. The fourth-order valence-electron chi connectivity index (χ4n) is 3.37. The van der Waals surface area contributed by atoms with Crippen molar-refractivity contribution >= 4 is 17.3 Å². The summed E-state index contributed by atoms with van der Waals surface area (Å²) < 4.78 is 11.0. The number of carbonyl (C=O) groups is 1. The van der Waals surface area contributed by atoms with Gasteiger partial charge in [-0.3, -0.25) is 4.90 Å². The number of nitrogens with zero attached hydrogens (tertiary/aromatic N) is 3. The van der Waals surface area contributed by atoms with E-state index in [1.807, 2.05) is 0 Å². The Morgan fingerprint density at radius 1 is 1.21 bits per heavy atom. The molecule has 6 nitrogen and oxygen atoms in total. The van der Waals surface area contributed by atoms with Crippen molar-refractivity contribution in [3.63, 3.8) is 0 Å². The molecule has 0 N–H and O–H groups in total. The fourth-order valence-corrected chi connectivity index (χ4v) is 4.13. The Labute approximate surface area is 147 Å². The molecule has 0 bridgehead atoms. The molecule has 134 valence electrons. The Bertz CT molecular complexity index is 564. The largest absolute Gasteiger partial charge is 0.395 e. The normalized spacial score (nSPS) is 24.0. The lowest BCUT2D eigenvalue weighted by atomic mass is 9.96. The van der Waals surface area contributed by atoms with Gasteiger partial charge >= 0.3 is 11.2 Å². The molecule has 1 unspecified atom stereocenters. The molecule has 0 aliphatic carbocycles. The van der Waals surface area contributed by atoms with Gasteiger partial charge in [0.15, 0.2) is 0 Å². The average Bonchev–Trinajstić information content (AvgIpc) is 3.04. The predicted molar refractivity (Wildman–Crippen MR) is 92.4 cm³/mol. The van der Waals surface area contributed by atoms with E-state index in [-0.39, 0.29) is 17.4 Å². The third-order valence-electron chi connectivity index (χ3n) is 4.71. The van der Waals surface area contributed by atoms with E-state index < -0.39 is 0 Å². The number of hydrogen-bond donors (Lipinski definition) is 0. The molecule has 24 heavy (non-hydrogen) atoms. The summed E-state index contributed by atoms with van der Waals surface area (Å²) in [6.07, 6.45) is 5.08. The van der Waals surface area contributed by atoms with Gasteiger partial charge in [-0.05, 0) is 32.2 Å². The summed E-state index contributed by atoms with van der Waals surface area (Å²) in [7, 11) is 0. The molecular weight excluding hydrogens is 326 g/mol. The van der Waals surface area contributed by atoms with Crippen LogP contribution in [0.15, 0.2) is 0 Å². The van der Waals surface area contributed by atoms with Gasteiger partial charge in [0.2, 0.25) is 0 Å². The van der Waals surface area contributed by atoms with Crippen molar-refractivity contribution in [3.8, 4) is 5.19 Å². The summed E-state index contributed by atoms with van der Waals surface area (Å²) in [6.45, 7) is 8.77. The number of esters is 1. The molecule has 0 aromatic carbocycles. The van der Waals surface area contributed by atoms with E-state index in [4.69, 9.17) is 9.47 Å². The van der Waals surface area contributed by atoms with E-state index in [1.165, 1.54) is 11.3 Å². The first-order chi connectivity index (χ1) is 11.4. The summed E-state index contributed by atoms with van der Waals surface area (Å²) in [5.74, 6) is -0.183. The third-order valence-corrected chi connectivity index (χ3v) is 5.94. The van der Waals surface area contributed by atoms with Gasteiger partial charge in [0.25, 0.3) is 0 Å². The molecule has 1 atom stereocenters. The first-order valence-electron chi connectivity index (χ1n) is 8.84. The topological polar surface area (TPSA) is 64.6 Å². The highest BCUT2D eigenvalue weighted by molar-refractivity contribution is 7.13. The summed E-state index contributed by atoms with van der Waals surface area (Å²) >= 11 is 1.37. The van der Waals surface area contributed by atoms with Gasteiger partial charge in [0, 0.05) is 24.7 Å². The Morgan fingerprint density at radius 2 is 1.96 bits per heavy atom. The number of rotatable bonds is 3. The lowest BCUT2D eigenvalue weighted by Crippen LogP contribution is -2.52. The Morgan fingerprint density at radius 3 is 2.62 bits per heavy atom. The fraction of sp³-hybridized carbons (Fsp3) is 0.824. The Hall–Kier alpha value is -1.05. The molecule has 0 saturated carbocycles. The average molecular weight is 353 g/mol.